The second-order valence-electron chi connectivity index (χ2n) is 4.52. The molecule has 2 aromatic heterocycles. The molecule has 0 atom stereocenters. The van der Waals surface area contributed by atoms with E-state index in [1.165, 1.54) is 11.8 Å². The Balaban J connectivity index is 1.84. The van der Waals surface area contributed by atoms with Gasteiger partial charge in [-0.3, -0.25) is 0 Å². The molecule has 4 heteroatoms. The zero-order chi connectivity index (χ0) is 13.2. The van der Waals surface area contributed by atoms with E-state index in [0.717, 1.165) is 5.69 Å². The van der Waals surface area contributed by atoms with Crippen LogP contribution in [0, 0.1) is 5.82 Å². The molecule has 1 N–H and O–H groups in total. The van der Waals surface area contributed by atoms with Crippen molar-refractivity contribution < 1.29 is 4.39 Å². The van der Waals surface area contributed by atoms with E-state index >= 15 is 0 Å². The molecule has 0 unspecified atom stereocenters. The van der Waals surface area contributed by atoms with Crippen molar-refractivity contribution in [3.8, 4) is 0 Å². The summed E-state index contributed by atoms with van der Waals surface area (Å²) in [6.07, 6.45) is 3.17. The summed E-state index contributed by atoms with van der Waals surface area (Å²) in [7, 11) is 1.79. The maximum Gasteiger partial charge on any atom is 0.150 e. The van der Waals surface area contributed by atoms with Crippen LogP contribution >= 0.6 is 0 Å². The number of anilines is 1. The van der Waals surface area contributed by atoms with E-state index in [1.54, 1.807) is 23.9 Å². The molecule has 0 aliphatic carbocycles. The highest BCUT2D eigenvalue weighted by atomic mass is 19.1. The number of nitrogens with zero attached hydrogens (tertiary/aromatic N) is 2. The van der Waals surface area contributed by atoms with Gasteiger partial charge in [0.1, 0.15) is 11.5 Å². The van der Waals surface area contributed by atoms with E-state index < -0.39 is 0 Å². The molecule has 0 saturated heterocycles. The number of benzene rings is 1. The number of pyridine rings is 1. The number of aromatic nitrogens is 2. The SMILES string of the molecule is Cn1cc(F)c2cc(NCc3ccccc3)cnc21. The van der Waals surface area contributed by atoms with Crippen molar-refractivity contribution in [2.24, 2.45) is 7.05 Å². The predicted molar refractivity (Wildman–Crippen MR) is 74.4 cm³/mol. The molecule has 2 heterocycles. The number of halogens is 1. The average molecular weight is 255 g/mol. The van der Waals surface area contributed by atoms with Crippen molar-refractivity contribution in [1.82, 2.24) is 9.55 Å². The average Bonchev–Trinajstić information content (AvgIpc) is 2.73. The van der Waals surface area contributed by atoms with Crippen LogP contribution in [0.25, 0.3) is 11.0 Å². The first-order valence-corrected chi connectivity index (χ1v) is 6.12. The molecule has 0 amide bonds. The van der Waals surface area contributed by atoms with Gasteiger partial charge in [0.2, 0.25) is 0 Å². The van der Waals surface area contributed by atoms with Crippen molar-refractivity contribution in [1.29, 1.82) is 0 Å². The van der Waals surface area contributed by atoms with Crippen LogP contribution in [0.1, 0.15) is 5.56 Å². The molecular formula is C15H14FN3. The molecule has 0 aliphatic rings. The molecule has 0 aliphatic heterocycles. The Morgan fingerprint density at radius 1 is 1.26 bits per heavy atom. The Labute approximate surface area is 110 Å². The van der Waals surface area contributed by atoms with Crippen molar-refractivity contribution >= 4 is 16.7 Å². The summed E-state index contributed by atoms with van der Waals surface area (Å²) in [5, 5.41) is 3.79. The summed E-state index contributed by atoms with van der Waals surface area (Å²) in [6.45, 7) is 0.697. The first-order valence-electron chi connectivity index (χ1n) is 6.12. The largest absolute Gasteiger partial charge is 0.380 e. The standard InChI is InChI=1S/C15H14FN3/c1-19-10-14(16)13-7-12(9-18-15(13)19)17-8-11-5-3-2-4-6-11/h2-7,9-10,17H,8H2,1H3. The van der Waals surface area contributed by atoms with Crippen LogP contribution in [0.5, 0.6) is 0 Å². The lowest BCUT2D eigenvalue weighted by molar-refractivity contribution is 0.633. The third-order valence-corrected chi connectivity index (χ3v) is 3.10. The topological polar surface area (TPSA) is 29.9 Å². The number of rotatable bonds is 3. The van der Waals surface area contributed by atoms with Crippen molar-refractivity contribution in [3.63, 3.8) is 0 Å². The van der Waals surface area contributed by atoms with E-state index in [-0.39, 0.29) is 5.82 Å². The minimum absolute atomic E-state index is 0.242. The summed E-state index contributed by atoms with van der Waals surface area (Å²) in [5.41, 5.74) is 2.65. The normalized spacial score (nSPS) is 10.8. The van der Waals surface area contributed by atoms with Crippen LogP contribution in [-0.4, -0.2) is 9.55 Å². The third-order valence-electron chi connectivity index (χ3n) is 3.10. The highest BCUT2D eigenvalue weighted by Gasteiger charge is 2.07. The van der Waals surface area contributed by atoms with Gasteiger partial charge in [-0.25, -0.2) is 9.37 Å². The minimum atomic E-state index is -0.242. The lowest BCUT2D eigenvalue weighted by atomic mass is 10.2. The van der Waals surface area contributed by atoms with Crippen molar-refractivity contribution in [2.75, 3.05) is 5.32 Å². The van der Waals surface area contributed by atoms with Crippen molar-refractivity contribution in [2.45, 2.75) is 6.54 Å². The van der Waals surface area contributed by atoms with E-state index in [9.17, 15) is 4.39 Å². The fourth-order valence-corrected chi connectivity index (χ4v) is 2.11. The summed E-state index contributed by atoms with van der Waals surface area (Å²) in [4.78, 5) is 4.27. The van der Waals surface area contributed by atoms with Gasteiger partial charge >= 0.3 is 0 Å². The smallest absolute Gasteiger partial charge is 0.150 e. The van der Waals surface area contributed by atoms with Gasteiger partial charge in [-0.15, -0.1) is 0 Å². The highest BCUT2D eigenvalue weighted by molar-refractivity contribution is 5.80. The molecular weight excluding hydrogens is 241 g/mol. The molecule has 0 spiro atoms. The second-order valence-corrected chi connectivity index (χ2v) is 4.52. The van der Waals surface area contributed by atoms with Gasteiger partial charge in [0, 0.05) is 19.8 Å². The van der Waals surface area contributed by atoms with Gasteiger partial charge in [0.15, 0.2) is 0 Å². The number of nitrogens with one attached hydrogen (secondary N) is 1. The molecule has 19 heavy (non-hydrogen) atoms. The Morgan fingerprint density at radius 3 is 2.84 bits per heavy atom. The Morgan fingerprint density at radius 2 is 2.05 bits per heavy atom. The molecule has 0 saturated carbocycles. The van der Waals surface area contributed by atoms with Gasteiger partial charge in [0.25, 0.3) is 0 Å². The van der Waals surface area contributed by atoms with E-state index in [0.29, 0.717) is 17.6 Å². The first kappa shape index (κ1) is 11.7. The molecule has 0 fully saturated rings. The summed E-state index contributed by atoms with van der Waals surface area (Å²) >= 11 is 0. The lowest BCUT2D eigenvalue weighted by Crippen LogP contribution is -1.99. The van der Waals surface area contributed by atoms with Gasteiger partial charge < -0.3 is 9.88 Å². The molecule has 3 nitrogen and oxygen atoms in total. The van der Waals surface area contributed by atoms with Gasteiger partial charge in [0.05, 0.1) is 17.3 Å². The Kier molecular flexibility index (Phi) is 2.91. The minimum Gasteiger partial charge on any atom is -0.380 e. The number of fused-ring (bicyclic) bond motifs is 1. The number of aryl methyl sites for hydroxylation is 1. The maximum atomic E-state index is 13.7. The monoisotopic (exact) mass is 255 g/mol. The molecule has 3 aromatic rings. The zero-order valence-corrected chi connectivity index (χ0v) is 10.6. The molecule has 1 aromatic carbocycles. The molecule has 0 bridgehead atoms. The fraction of sp³-hybridized carbons (Fsp3) is 0.133. The zero-order valence-electron chi connectivity index (χ0n) is 10.6. The van der Waals surface area contributed by atoms with Gasteiger partial charge in [-0.1, -0.05) is 30.3 Å². The maximum absolute atomic E-state index is 13.7. The van der Waals surface area contributed by atoms with E-state index in [2.05, 4.69) is 10.3 Å². The van der Waals surface area contributed by atoms with Crippen LogP contribution < -0.4 is 5.32 Å². The number of hydrogen-bond donors (Lipinski definition) is 1. The van der Waals surface area contributed by atoms with E-state index in [4.69, 9.17) is 0 Å². The third kappa shape index (κ3) is 2.29. The van der Waals surface area contributed by atoms with Crippen LogP contribution in [-0.2, 0) is 13.6 Å². The molecule has 96 valence electrons. The number of hydrogen-bond acceptors (Lipinski definition) is 2. The summed E-state index contributed by atoms with van der Waals surface area (Å²) < 4.78 is 15.3. The van der Waals surface area contributed by atoms with Crippen LogP contribution in [0.3, 0.4) is 0 Å². The van der Waals surface area contributed by atoms with Gasteiger partial charge in [-0.2, -0.15) is 0 Å². The van der Waals surface area contributed by atoms with Crippen LogP contribution in [0.4, 0.5) is 10.1 Å². The summed E-state index contributed by atoms with van der Waals surface area (Å²) in [6, 6.07) is 11.9. The fourth-order valence-electron chi connectivity index (χ4n) is 2.11. The Bertz CT molecular complexity index is 704. The van der Waals surface area contributed by atoms with Crippen molar-refractivity contribution in [3.05, 3.63) is 60.2 Å². The van der Waals surface area contributed by atoms with Crippen LogP contribution in [0.15, 0.2) is 48.8 Å². The predicted octanol–water partition coefficient (Wildman–Crippen LogP) is 3.32. The highest BCUT2D eigenvalue weighted by Crippen LogP contribution is 2.21. The summed E-state index contributed by atoms with van der Waals surface area (Å²) in [5.74, 6) is -0.242. The quantitative estimate of drug-likeness (QED) is 0.778. The molecule has 3 rings (SSSR count). The first-order chi connectivity index (χ1) is 9.24. The van der Waals surface area contributed by atoms with Gasteiger partial charge in [-0.05, 0) is 11.6 Å². The van der Waals surface area contributed by atoms with E-state index in [1.807, 2.05) is 30.3 Å². The Hall–Kier alpha value is -2.36. The second kappa shape index (κ2) is 4.72. The van der Waals surface area contributed by atoms with Crippen LogP contribution in [0.2, 0.25) is 0 Å². The molecule has 0 radical (unpaired) electrons. The lowest BCUT2D eigenvalue weighted by Gasteiger charge is -2.06.